The molecular weight excluding hydrogens is 316 g/mol. The zero-order valence-electron chi connectivity index (χ0n) is 13.1. The van der Waals surface area contributed by atoms with Crippen molar-refractivity contribution >= 4 is 29.1 Å². The van der Waals surface area contributed by atoms with E-state index < -0.39 is 0 Å². The third-order valence-electron chi connectivity index (χ3n) is 3.45. The van der Waals surface area contributed by atoms with Crippen LogP contribution in [0.2, 0.25) is 5.02 Å². The minimum Gasteiger partial charge on any atom is -0.333 e. The number of nitrogens with one attached hydrogen (secondary N) is 1. The Balaban J connectivity index is 2.27. The fourth-order valence-corrected chi connectivity index (χ4v) is 2.28. The highest BCUT2D eigenvalue weighted by atomic mass is 35.5. The number of rotatable bonds is 4. The van der Waals surface area contributed by atoms with E-state index in [0.29, 0.717) is 16.3 Å². The van der Waals surface area contributed by atoms with Crippen LogP contribution in [0.1, 0.15) is 35.9 Å². The van der Waals surface area contributed by atoms with Crippen molar-refractivity contribution in [3.8, 4) is 0 Å². The van der Waals surface area contributed by atoms with Gasteiger partial charge >= 0.3 is 0 Å². The number of halogens is 1. The van der Waals surface area contributed by atoms with Crippen LogP contribution in [0.25, 0.3) is 0 Å². The van der Waals surface area contributed by atoms with E-state index in [0.717, 1.165) is 5.69 Å². The Morgan fingerprint density at radius 3 is 2.65 bits per heavy atom. The highest BCUT2D eigenvalue weighted by Gasteiger charge is 2.22. The summed E-state index contributed by atoms with van der Waals surface area (Å²) in [7, 11) is 1.68. The van der Waals surface area contributed by atoms with Crippen LogP contribution in [0.3, 0.4) is 0 Å². The van der Waals surface area contributed by atoms with Crippen molar-refractivity contribution in [1.29, 1.82) is 0 Å². The van der Waals surface area contributed by atoms with E-state index in [2.05, 4.69) is 15.3 Å². The topological polar surface area (TPSA) is 75.2 Å². The number of aromatic nitrogens is 2. The van der Waals surface area contributed by atoms with Crippen LogP contribution in [-0.4, -0.2) is 33.7 Å². The van der Waals surface area contributed by atoms with Gasteiger partial charge in [-0.1, -0.05) is 11.6 Å². The first-order valence-electron chi connectivity index (χ1n) is 7.00. The average Bonchev–Trinajstić information content (AvgIpc) is 2.55. The van der Waals surface area contributed by atoms with E-state index in [4.69, 9.17) is 11.6 Å². The molecule has 6 nitrogen and oxygen atoms in total. The molecule has 1 aromatic carbocycles. The van der Waals surface area contributed by atoms with Crippen LogP contribution in [0.5, 0.6) is 0 Å². The minimum absolute atomic E-state index is 0.214. The standard InChI is InChI=1S/C16H17ClN4O2/c1-10(15-6-7-18-9-19-15)21(3)16(23)13-8-12(20-11(2)22)4-5-14(13)17/h4-10H,1-3H3,(H,20,22)/t10-/m1/s1. The lowest BCUT2D eigenvalue weighted by Crippen LogP contribution is -2.30. The van der Waals surface area contributed by atoms with Gasteiger partial charge in [-0.05, 0) is 31.2 Å². The molecular formula is C16H17ClN4O2. The van der Waals surface area contributed by atoms with E-state index in [1.54, 1.807) is 42.4 Å². The van der Waals surface area contributed by atoms with Crippen LogP contribution in [0, 0.1) is 0 Å². The molecule has 0 bridgehead atoms. The van der Waals surface area contributed by atoms with Crippen molar-refractivity contribution < 1.29 is 9.59 Å². The van der Waals surface area contributed by atoms with Crippen LogP contribution in [-0.2, 0) is 4.79 Å². The average molecular weight is 333 g/mol. The molecule has 0 radical (unpaired) electrons. The normalized spacial score (nSPS) is 11.7. The van der Waals surface area contributed by atoms with Crippen LogP contribution < -0.4 is 5.32 Å². The third kappa shape index (κ3) is 4.04. The molecule has 0 aliphatic carbocycles. The second-order valence-corrected chi connectivity index (χ2v) is 5.51. The predicted octanol–water partition coefficient (Wildman–Crippen LogP) is 2.92. The molecule has 0 unspecified atom stereocenters. The van der Waals surface area contributed by atoms with Gasteiger partial charge in [0.05, 0.1) is 22.3 Å². The van der Waals surface area contributed by atoms with Crippen LogP contribution >= 0.6 is 11.6 Å². The smallest absolute Gasteiger partial charge is 0.255 e. The first-order valence-corrected chi connectivity index (χ1v) is 7.38. The molecule has 2 rings (SSSR count). The highest BCUT2D eigenvalue weighted by Crippen LogP contribution is 2.25. The van der Waals surface area contributed by atoms with Gasteiger partial charge in [-0.3, -0.25) is 9.59 Å². The Bertz CT molecular complexity index is 721. The minimum atomic E-state index is -0.256. The maximum absolute atomic E-state index is 12.7. The summed E-state index contributed by atoms with van der Waals surface area (Å²) in [4.78, 5) is 33.4. The molecule has 0 aliphatic rings. The first kappa shape index (κ1) is 16.9. The molecule has 2 amide bonds. The number of hydrogen-bond acceptors (Lipinski definition) is 4. The third-order valence-corrected chi connectivity index (χ3v) is 3.78. The molecule has 0 spiro atoms. The number of nitrogens with zero attached hydrogens (tertiary/aromatic N) is 3. The molecule has 1 N–H and O–H groups in total. The fraction of sp³-hybridized carbons (Fsp3) is 0.250. The number of anilines is 1. The largest absolute Gasteiger partial charge is 0.333 e. The van der Waals surface area contributed by atoms with Gasteiger partial charge in [0.1, 0.15) is 6.33 Å². The van der Waals surface area contributed by atoms with Gasteiger partial charge in [-0.15, -0.1) is 0 Å². The molecule has 1 aromatic heterocycles. The summed E-state index contributed by atoms with van der Waals surface area (Å²) in [6, 6.07) is 6.31. The first-order chi connectivity index (χ1) is 10.9. The molecule has 0 saturated carbocycles. The lowest BCUT2D eigenvalue weighted by molar-refractivity contribution is -0.114. The molecule has 0 saturated heterocycles. The molecule has 23 heavy (non-hydrogen) atoms. The highest BCUT2D eigenvalue weighted by molar-refractivity contribution is 6.34. The molecule has 7 heteroatoms. The molecule has 2 aromatic rings. The zero-order chi connectivity index (χ0) is 17.0. The number of carbonyl (C=O) groups excluding carboxylic acids is 2. The maximum Gasteiger partial charge on any atom is 0.255 e. The monoisotopic (exact) mass is 332 g/mol. The SMILES string of the molecule is CC(=O)Nc1ccc(Cl)c(C(=O)N(C)[C@H](C)c2ccncn2)c1. The summed E-state index contributed by atoms with van der Waals surface area (Å²) in [5.41, 5.74) is 1.57. The van der Waals surface area contributed by atoms with Crippen molar-refractivity contribution in [2.45, 2.75) is 19.9 Å². The Hall–Kier alpha value is -2.47. The number of amides is 2. The zero-order valence-corrected chi connectivity index (χ0v) is 13.8. The van der Waals surface area contributed by atoms with Crippen molar-refractivity contribution in [2.24, 2.45) is 0 Å². The van der Waals surface area contributed by atoms with Crippen LogP contribution in [0.4, 0.5) is 5.69 Å². The van der Waals surface area contributed by atoms with Gasteiger partial charge in [0.25, 0.3) is 5.91 Å². The van der Waals surface area contributed by atoms with E-state index in [1.807, 2.05) is 6.92 Å². The summed E-state index contributed by atoms with van der Waals surface area (Å²) >= 11 is 6.14. The lowest BCUT2D eigenvalue weighted by Gasteiger charge is -2.25. The molecule has 0 aliphatic heterocycles. The summed E-state index contributed by atoms with van der Waals surface area (Å²) in [5.74, 6) is -0.471. The quantitative estimate of drug-likeness (QED) is 0.934. The van der Waals surface area contributed by atoms with Crippen molar-refractivity contribution in [2.75, 3.05) is 12.4 Å². The van der Waals surface area contributed by atoms with Gasteiger partial charge in [-0.25, -0.2) is 9.97 Å². The molecule has 0 fully saturated rings. The van der Waals surface area contributed by atoms with E-state index in [1.165, 1.54) is 13.3 Å². The Morgan fingerprint density at radius 1 is 1.30 bits per heavy atom. The van der Waals surface area contributed by atoms with Gasteiger partial charge < -0.3 is 10.2 Å². The maximum atomic E-state index is 12.7. The number of benzene rings is 1. The van der Waals surface area contributed by atoms with Crippen LogP contribution in [0.15, 0.2) is 36.8 Å². The summed E-state index contributed by atoms with van der Waals surface area (Å²) in [5, 5.41) is 2.96. The van der Waals surface area contributed by atoms with E-state index in [9.17, 15) is 9.59 Å². The molecule has 120 valence electrons. The van der Waals surface area contributed by atoms with Gasteiger partial charge in [-0.2, -0.15) is 0 Å². The molecule has 1 heterocycles. The summed E-state index contributed by atoms with van der Waals surface area (Å²) in [6.45, 7) is 3.27. The molecule has 1 atom stereocenters. The second-order valence-electron chi connectivity index (χ2n) is 5.10. The van der Waals surface area contributed by atoms with Crippen molar-refractivity contribution in [1.82, 2.24) is 14.9 Å². The predicted molar refractivity (Wildman–Crippen MR) is 88.3 cm³/mol. The van der Waals surface area contributed by atoms with Gasteiger partial charge in [0, 0.05) is 25.9 Å². The Morgan fingerprint density at radius 2 is 2.04 bits per heavy atom. The Kier molecular flexibility index (Phi) is 5.28. The van der Waals surface area contributed by atoms with E-state index >= 15 is 0 Å². The number of hydrogen-bond donors (Lipinski definition) is 1. The number of carbonyl (C=O) groups is 2. The summed E-state index contributed by atoms with van der Waals surface area (Å²) in [6.07, 6.45) is 3.07. The second kappa shape index (κ2) is 7.19. The Labute approximate surface area is 139 Å². The summed E-state index contributed by atoms with van der Waals surface area (Å²) < 4.78 is 0. The lowest BCUT2D eigenvalue weighted by atomic mass is 10.1. The van der Waals surface area contributed by atoms with E-state index in [-0.39, 0.29) is 17.9 Å². The van der Waals surface area contributed by atoms with Gasteiger partial charge in [0.2, 0.25) is 5.91 Å². The fourth-order valence-electron chi connectivity index (χ4n) is 2.08. The van der Waals surface area contributed by atoms with Crippen molar-refractivity contribution in [3.63, 3.8) is 0 Å². The van der Waals surface area contributed by atoms with Gasteiger partial charge in [0.15, 0.2) is 0 Å². The van der Waals surface area contributed by atoms with Crippen molar-refractivity contribution in [3.05, 3.63) is 53.1 Å².